The second kappa shape index (κ2) is 4.77. The van der Waals surface area contributed by atoms with Gasteiger partial charge in [-0.2, -0.15) is 0 Å². The van der Waals surface area contributed by atoms with Crippen molar-refractivity contribution in [3.05, 3.63) is 35.4 Å². The molecule has 0 N–H and O–H groups in total. The first kappa shape index (κ1) is 14.8. The molecule has 0 fully saturated rings. The normalized spacial score (nSPS) is 12.1. The van der Waals surface area contributed by atoms with E-state index in [1.165, 1.54) is 11.1 Å². The van der Waals surface area contributed by atoms with Crippen LogP contribution < -0.4 is 0 Å². The Morgan fingerprint density at radius 3 is 1.40 bits per heavy atom. The van der Waals surface area contributed by atoms with Gasteiger partial charge in [-0.15, -0.1) is 0 Å². The predicted octanol–water partition coefficient (Wildman–Crippen LogP) is 3.43. The van der Waals surface area contributed by atoms with Gasteiger partial charge in [-0.25, -0.2) is 0 Å². The molecular formula is C14H22Li. The molecule has 1 radical (unpaired) electrons. The molecule has 15 heavy (non-hydrogen) atoms. The van der Waals surface area contributed by atoms with Crippen molar-refractivity contribution in [2.45, 2.75) is 52.4 Å². The van der Waals surface area contributed by atoms with E-state index in [0.29, 0.717) is 0 Å². The molecule has 0 aliphatic heterocycles. The number of hydrogen-bond donors (Lipinski definition) is 0. The zero-order valence-electron chi connectivity index (χ0n) is 10.2. The molecule has 1 rings (SSSR count). The van der Waals surface area contributed by atoms with Gasteiger partial charge < -0.3 is 0 Å². The molecule has 0 atom stereocenters. The van der Waals surface area contributed by atoms with Crippen molar-refractivity contribution in [1.29, 1.82) is 0 Å². The standard InChI is InChI=1S/C14H21.Li.H/c1-13(2,3)11-8-7-9-12(10-11)14(4,5)6;;/h8-10H,1-6H3;;. The first-order valence-electron chi connectivity index (χ1n) is 5.23. The quantitative estimate of drug-likeness (QED) is 0.559. The van der Waals surface area contributed by atoms with Crippen molar-refractivity contribution in [3.63, 3.8) is 0 Å². The average Bonchev–Trinajstić information content (AvgIpc) is 2.01. The minimum absolute atomic E-state index is 0. The third-order valence-electron chi connectivity index (χ3n) is 2.52. The van der Waals surface area contributed by atoms with Crippen LogP contribution in [0.5, 0.6) is 0 Å². The van der Waals surface area contributed by atoms with Crippen LogP contribution in [0.25, 0.3) is 0 Å². The van der Waals surface area contributed by atoms with Crippen LogP contribution in [0.15, 0.2) is 18.2 Å². The number of rotatable bonds is 0. The van der Waals surface area contributed by atoms with E-state index in [4.69, 9.17) is 0 Å². The first-order chi connectivity index (χ1) is 6.21. The Bertz CT molecular complexity index is 284. The molecule has 0 unspecified atom stereocenters. The molecule has 0 amide bonds. The van der Waals surface area contributed by atoms with Gasteiger partial charge in [0.2, 0.25) is 0 Å². The van der Waals surface area contributed by atoms with E-state index in [-0.39, 0.29) is 29.7 Å². The zero-order chi connectivity index (χ0) is 11.0. The Hall–Kier alpha value is -0.183. The zero-order valence-corrected chi connectivity index (χ0v) is 10.2. The fraction of sp³-hybridized carbons (Fsp3) is 0.571. The summed E-state index contributed by atoms with van der Waals surface area (Å²) in [5.41, 5.74) is 3.17. The topological polar surface area (TPSA) is 0 Å². The van der Waals surface area contributed by atoms with Crippen molar-refractivity contribution in [1.82, 2.24) is 0 Å². The van der Waals surface area contributed by atoms with Crippen molar-refractivity contribution < 1.29 is 0 Å². The summed E-state index contributed by atoms with van der Waals surface area (Å²) in [6.45, 7) is 13.4. The monoisotopic (exact) mass is 197 g/mol. The van der Waals surface area contributed by atoms with E-state index >= 15 is 0 Å². The van der Waals surface area contributed by atoms with Gasteiger partial charge in [-0.05, 0) is 28.0 Å². The molecule has 0 saturated carbocycles. The van der Waals surface area contributed by atoms with Crippen molar-refractivity contribution in [2.75, 3.05) is 0 Å². The molecule has 0 aromatic heterocycles. The second-order valence-corrected chi connectivity index (χ2v) is 6.01. The molecule has 0 aliphatic carbocycles. The molecule has 1 aromatic carbocycles. The Kier molecular flexibility index (Phi) is 4.71. The summed E-state index contributed by atoms with van der Waals surface area (Å²) in [4.78, 5) is 0. The van der Waals surface area contributed by atoms with Crippen LogP contribution in [0.1, 0.15) is 52.7 Å². The van der Waals surface area contributed by atoms with Crippen LogP contribution in [-0.2, 0) is 10.8 Å². The van der Waals surface area contributed by atoms with Gasteiger partial charge in [-0.1, -0.05) is 59.7 Å². The number of benzene rings is 1. The van der Waals surface area contributed by atoms with Gasteiger partial charge in [0.15, 0.2) is 0 Å². The number of hydrogen-bond acceptors (Lipinski definition) is 0. The Morgan fingerprint density at radius 2 is 1.13 bits per heavy atom. The molecule has 0 saturated heterocycles. The van der Waals surface area contributed by atoms with E-state index in [9.17, 15) is 0 Å². The first-order valence-corrected chi connectivity index (χ1v) is 5.23. The third-order valence-corrected chi connectivity index (χ3v) is 2.52. The van der Waals surface area contributed by atoms with Gasteiger partial charge in [-0.3, -0.25) is 0 Å². The average molecular weight is 197 g/mol. The van der Waals surface area contributed by atoms with Crippen LogP contribution in [-0.4, -0.2) is 18.9 Å². The van der Waals surface area contributed by atoms with Gasteiger partial charge in [0.05, 0.1) is 0 Å². The van der Waals surface area contributed by atoms with Crippen LogP contribution in [0.2, 0.25) is 0 Å². The minimum atomic E-state index is 0. The maximum atomic E-state index is 3.24. The molecule has 1 aromatic rings. The summed E-state index contributed by atoms with van der Waals surface area (Å²) in [7, 11) is 0. The van der Waals surface area contributed by atoms with Crippen LogP contribution in [0.3, 0.4) is 0 Å². The van der Waals surface area contributed by atoms with Crippen molar-refractivity contribution in [3.8, 4) is 0 Å². The second-order valence-electron chi connectivity index (χ2n) is 6.01. The molecule has 0 nitrogen and oxygen atoms in total. The van der Waals surface area contributed by atoms with E-state index in [0.717, 1.165) is 0 Å². The van der Waals surface area contributed by atoms with E-state index in [2.05, 4.69) is 65.8 Å². The van der Waals surface area contributed by atoms with Crippen molar-refractivity contribution in [2.24, 2.45) is 0 Å². The van der Waals surface area contributed by atoms with Gasteiger partial charge in [0.25, 0.3) is 0 Å². The van der Waals surface area contributed by atoms with Gasteiger partial charge >= 0.3 is 18.9 Å². The summed E-state index contributed by atoms with van der Waals surface area (Å²) in [5.74, 6) is 0. The van der Waals surface area contributed by atoms with Crippen LogP contribution in [0.4, 0.5) is 0 Å². The molecule has 0 spiro atoms. The fourth-order valence-corrected chi connectivity index (χ4v) is 1.34. The van der Waals surface area contributed by atoms with Gasteiger partial charge in [0.1, 0.15) is 0 Å². The summed E-state index contributed by atoms with van der Waals surface area (Å²) >= 11 is 0. The van der Waals surface area contributed by atoms with Crippen LogP contribution >= 0.6 is 0 Å². The molecule has 0 aliphatic rings. The summed E-state index contributed by atoms with van der Waals surface area (Å²) in [6, 6.07) is 9.73. The van der Waals surface area contributed by atoms with E-state index in [1.807, 2.05) is 0 Å². The van der Waals surface area contributed by atoms with Crippen LogP contribution in [0, 0.1) is 6.07 Å². The summed E-state index contributed by atoms with van der Waals surface area (Å²) in [6.07, 6.45) is 0. The molecule has 79 valence electrons. The third kappa shape index (κ3) is 4.05. The predicted molar refractivity (Wildman–Crippen MR) is 69.8 cm³/mol. The molecular weight excluding hydrogens is 175 g/mol. The van der Waals surface area contributed by atoms with Crippen molar-refractivity contribution >= 4 is 18.9 Å². The van der Waals surface area contributed by atoms with E-state index in [1.54, 1.807) is 0 Å². The summed E-state index contributed by atoms with van der Waals surface area (Å²) in [5, 5.41) is 0. The summed E-state index contributed by atoms with van der Waals surface area (Å²) < 4.78 is 0. The molecule has 0 heterocycles. The fourth-order valence-electron chi connectivity index (χ4n) is 1.34. The Labute approximate surface area is 107 Å². The SMILES string of the molecule is CC(C)(C)c1c[c]cc(C(C)(C)C)c1.[LiH]. The molecule has 1 heteroatoms. The van der Waals surface area contributed by atoms with E-state index < -0.39 is 0 Å². The Morgan fingerprint density at radius 1 is 0.800 bits per heavy atom. The van der Waals surface area contributed by atoms with Gasteiger partial charge in [0, 0.05) is 0 Å². The molecule has 0 bridgehead atoms. The Balaban J connectivity index is 0.00000196. The maximum absolute atomic E-state index is 3.24.